The third-order valence-corrected chi connectivity index (χ3v) is 23.7. The molecule has 5 atom stereocenters. The van der Waals surface area contributed by atoms with Gasteiger partial charge in [-0.15, -0.1) is 0 Å². The van der Waals surface area contributed by atoms with Crippen molar-refractivity contribution < 1.29 is 71.4 Å². The van der Waals surface area contributed by atoms with Crippen LogP contribution in [0.4, 0.5) is 0 Å². The van der Waals surface area contributed by atoms with Gasteiger partial charge in [0.1, 0.15) is 52.6 Å². The molecule has 660 valence electrons. The number of nitrogens with one attached hydrogen (secondary N) is 3. The molecule has 6 amide bonds. The van der Waals surface area contributed by atoms with E-state index in [0.717, 1.165) is 59.5 Å². The third-order valence-electron chi connectivity index (χ3n) is 23.7. The minimum atomic E-state index is -0.631. The highest BCUT2D eigenvalue weighted by Crippen LogP contribution is 2.43. The van der Waals surface area contributed by atoms with Gasteiger partial charge in [-0.2, -0.15) is 15.3 Å². The number of amides is 6. The van der Waals surface area contributed by atoms with Gasteiger partial charge in [-0.3, -0.25) is 42.8 Å². The van der Waals surface area contributed by atoms with Gasteiger partial charge in [0.2, 0.25) is 17.7 Å². The van der Waals surface area contributed by atoms with Gasteiger partial charge in [0.05, 0.1) is 102 Å². The summed E-state index contributed by atoms with van der Waals surface area (Å²) in [6.45, 7) is 18.7. The largest absolute Gasteiger partial charge is 0.496 e. The summed E-state index contributed by atoms with van der Waals surface area (Å²) in [4.78, 5) is 86.1. The summed E-state index contributed by atoms with van der Waals surface area (Å²) in [5.74, 6) is 5.07. The molecule has 0 bridgehead atoms. The van der Waals surface area contributed by atoms with Gasteiger partial charge in [-0.1, -0.05) is 162 Å². The topological polar surface area (TPSA) is 285 Å². The Morgan fingerprint density at radius 3 is 0.975 bits per heavy atom. The Balaban J connectivity index is 0.000000246. The Labute approximate surface area is 708 Å². The van der Waals surface area contributed by atoms with Gasteiger partial charge < -0.3 is 73.3 Å². The average molecular weight is 1660 g/mol. The number of methoxy groups -OCH3 is 9. The van der Waals surface area contributed by atoms with Crippen LogP contribution in [-0.2, 0) is 41.7 Å². The van der Waals surface area contributed by atoms with Crippen molar-refractivity contribution in [2.45, 2.75) is 227 Å². The predicted molar refractivity (Wildman–Crippen MR) is 466 cm³/mol. The number of benzene rings is 3. The summed E-state index contributed by atoms with van der Waals surface area (Å²) >= 11 is 0. The zero-order valence-corrected chi connectivity index (χ0v) is 75.1. The zero-order valence-electron chi connectivity index (χ0n) is 75.1. The minimum absolute atomic E-state index is 0.00456. The van der Waals surface area contributed by atoms with E-state index in [2.05, 4.69) is 69.5 Å². The highest BCUT2D eigenvalue weighted by atomic mass is 16.5. The van der Waals surface area contributed by atoms with Crippen LogP contribution in [0, 0.1) is 35.5 Å². The van der Waals surface area contributed by atoms with Crippen LogP contribution in [0.25, 0.3) is 33.8 Å². The second-order valence-electron chi connectivity index (χ2n) is 33.1. The number of rotatable bonds is 43. The van der Waals surface area contributed by atoms with Crippen LogP contribution in [0.1, 0.15) is 227 Å². The van der Waals surface area contributed by atoms with Crippen molar-refractivity contribution in [3.63, 3.8) is 0 Å². The van der Waals surface area contributed by atoms with Crippen molar-refractivity contribution in [2.75, 3.05) is 125 Å². The minimum Gasteiger partial charge on any atom is -0.496 e. The van der Waals surface area contributed by atoms with Crippen LogP contribution < -0.4 is 44.4 Å². The molecule has 6 aromatic rings. The van der Waals surface area contributed by atoms with E-state index in [1.165, 1.54) is 96.3 Å². The average Bonchev–Trinajstić information content (AvgIpc) is 1.66. The van der Waals surface area contributed by atoms with E-state index in [-0.39, 0.29) is 64.5 Å². The normalized spacial score (nSPS) is 15.2. The predicted octanol–water partition coefficient (Wildman–Crippen LogP) is 15.3. The smallest absolute Gasteiger partial charge is 0.272 e. The van der Waals surface area contributed by atoms with Crippen molar-refractivity contribution >= 4 is 35.4 Å². The Morgan fingerprint density at radius 1 is 0.412 bits per heavy atom. The molecule has 27 nitrogen and oxygen atoms in total. The molecule has 3 aliphatic rings. The summed E-state index contributed by atoms with van der Waals surface area (Å²) in [6.07, 6.45) is 24.0. The summed E-state index contributed by atoms with van der Waals surface area (Å²) in [6, 6.07) is 20.2. The SMILES string of the molecule is CCC(C)Cn1nc(C(=O)N[C@@H](CCC2CCCCC2)C(=O)N(C)CCOC)cc1-c1c(OC)cccc1OC.COCCN(C)C(=O)[C@H](CCC1CCCCC1)NC(=O)c1cc(-c2c(OC)cccc2OC)n(C(C)C(C)C)n1.COCCN(C)C(=O)[C@H](CCC1CCCCC1)NC(=O)c1cc(-c2c(OC)cccc2OC)n(CC(C)C)n1. The maximum atomic E-state index is 13.7. The fraction of sp³-hybridized carbons (Fsp3) is 0.641. The van der Waals surface area contributed by atoms with Crippen molar-refractivity contribution in [2.24, 2.45) is 35.5 Å². The summed E-state index contributed by atoms with van der Waals surface area (Å²) in [5.41, 5.74) is 5.18. The Morgan fingerprint density at radius 2 is 0.697 bits per heavy atom. The first kappa shape index (κ1) is 96.9. The number of carbonyl (C=O) groups excluding carboxylic acids is 6. The van der Waals surface area contributed by atoms with E-state index in [0.29, 0.717) is 136 Å². The van der Waals surface area contributed by atoms with Gasteiger partial charge in [0.15, 0.2) is 17.1 Å². The van der Waals surface area contributed by atoms with E-state index in [4.69, 9.17) is 52.8 Å². The molecule has 0 spiro atoms. The first-order valence-electron chi connectivity index (χ1n) is 43.4. The molecular formula is C92H142N12O15. The standard InChI is InChI=1S/2C31H48N4O5.C30H46N4O5/c1-21(2)22(3)35-26(29-27(39-6)14-11-15-28(29)40-7)20-25(33-35)30(36)32-24(31(37)34(4)18-19-38-5)17-16-23-12-9-8-10-13-23;1-7-22(2)21-35-26(29-27(39-5)14-11-15-28(29)40-6)20-25(33-35)30(36)32-24(31(37)34(3)18-19-38-4)17-16-23-12-9-8-10-13-23;1-21(2)20-34-25(28-26(38-5)13-10-14-27(28)39-6)19-24(32-34)29(35)31-23(30(36)33(3)17-18-37-4)16-15-22-11-8-7-9-12-22/h11,14-15,20-24H,8-10,12-13,16-19H2,1-7H3,(H,32,36);11,14-15,20,22-24H,7-10,12-13,16-19,21H2,1-6H3,(H,32,36);10,13-14,19,21-23H,7-9,11-12,15-18,20H2,1-6H3,(H,31,35)/t2*22?,24-;23-/m000/s1. The van der Waals surface area contributed by atoms with Crippen LogP contribution in [0.5, 0.6) is 34.5 Å². The molecule has 3 aromatic carbocycles. The van der Waals surface area contributed by atoms with Crippen LogP contribution in [0.2, 0.25) is 0 Å². The van der Waals surface area contributed by atoms with Crippen molar-refractivity contribution in [1.29, 1.82) is 0 Å². The van der Waals surface area contributed by atoms with E-state index in [1.54, 1.807) is 118 Å². The second kappa shape index (κ2) is 50.1. The molecule has 0 radical (unpaired) electrons. The molecule has 3 aliphatic carbocycles. The molecule has 3 aromatic heterocycles. The third kappa shape index (κ3) is 28.2. The van der Waals surface area contributed by atoms with Crippen LogP contribution >= 0.6 is 0 Å². The molecule has 0 saturated heterocycles. The first-order valence-corrected chi connectivity index (χ1v) is 43.4. The number of nitrogens with zero attached hydrogens (tertiary/aromatic N) is 9. The molecule has 3 fully saturated rings. The van der Waals surface area contributed by atoms with E-state index < -0.39 is 18.1 Å². The fourth-order valence-corrected chi connectivity index (χ4v) is 16.0. The molecule has 3 saturated carbocycles. The second-order valence-corrected chi connectivity index (χ2v) is 33.1. The van der Waals surface area contributed by atoms with Gasteiger partial charge in [0, 0.05) is 75.2 Å². The number of carbonyl (C=O) groups is 6. The number of aromatic nitrogens is 6. The van der Waals surface area contributed by atoms with E-state index in [1.807, 2.05) is 68.6 Å². The lowest BCUT2D eigenvalue weighted by Gasteiger charge is -2.27. The number of hydrogen-bond donors (Lipinski definition) is 3. The van der Waals surface area contributed by atoms with E-state index >= 15 is 0 Å². The monoisotopic (exact) mass is 1660 g/mol. The van der Waals surface area contributed by atoms with Crippen LogP contribution in [-0.4, -0.2) is 222 Å². The highest BCUT2D eigenvalue weighted by molar-refractivity contribution is 5.99. The number of likely N-dealkylation sites (N-methyl/N-ethyl adjacent to an activating group) is 3. The van der Waals surface area contributed by atoms with Crippen molar-refractivity contribution in [3.05, 3.63) is 89.9 Å². The van der Waals surface area contributed by atoms with E-state index in [9.17, 15) is 28.8 Å². The van der Waals surface area contributed by atoms with Crippen LogP contribution in [0.15, 0.2) is 72.8 Å². The zero-order chi connectivity index (χ0) is 86.7. The quantitative estimate of drug-likeness (QED) is 0.0321. The molecule has 0 aliphatic heterocycles. The molecule has 9 rings (SSSR count). The lowest BCUT2D eigenvalue weighted by Crippen LogP contribution is -2.48. The highest BCUT2D eigenvalue weighted by Gasteiger charge is 2.34. The Kier molecular flexibility index (Phi) is 40.8. The maximum absolute atomic E-state index is 13.7. The summed E-state index contributed by atoms with van der Waals surface area (Å²) in [7, 11) is 19.8. The summed E-state index contributed by atoms with van der Waals surface area (Å²) in [5, 5.41) is 23.3. The Bertz CT molecular complexity index is 4030. The lowest BCUT2D eigenvalue weighted by molar-refractivity contribution is -0.133. The molecule has 3 N–H and O–H groups in total. The van der Waals surface area contributed by atoms with Gasteiger partial charge in [-0.25, -0.2) is 0 Å². The number of ether oxygens (including phenoxy) is 9. The van der Waals surface area contributed by atoms with Crippen LogP contribution in [0.3, 0.4) is 0 Å². The number of hydrogen-bond acceptors (Lipinski definition) is 18. The van der Waals surface area contributed by atoms with Crippen molar-refractivity contribution in [1.82, 2.24) is 60.0 Å². The molecular weight excluding hydrogens is 1510 g/mol. The lowest BCUT2D eigenvalue weighted by atomic mass is 9.85. The van der Waals surface area contributed by atoms with Gasteiger partial charge in [0.25, 0.3) is 17.7 Å². The molecule has 3 heterocycles. The van der Waals surface area contributed by atoms with Gasteiger partial charge in [-0.05, 0) is 136 Å². The van der Waals surface area contributed by atoms with Gasteiger partial charge >= 0.3 is 0 Å². The summed E-state index contributed by atoms with van der Waals surface area (Å²) < 4.78 is 55.0. The molecule has 2 unspecified atom stereocenters. The molecule has 27 heteroatoms. The maximum Gasteiger partial charge on any atom is 0.272 e. The first-order chi connectivity index (χ1) is 57.3. The fourth-order valence-electron chi connectivity index (χ4n) is 16.0. The molecule has 119 heavy (non-hydrogen) atoms. The van der Waals surface area contributed by atoms with Crippen molar-refractivity contribution in [3.8, 4) is 68.3 Å². The Hall–Kier alpha value is -9.21.